The topological polar surface area (TPSA) is 252 Å². The number of carbonyl (C=O) groups excluding carboxylic acids is 5. The molecule has 0 aliphatic rings. The van der Waals surface area contributed by atoms with Gasteiger partial charge in [0.2, 0.25) is 5.91 Å². The van der Waals surface area contributed by atoms with E-state index in [2.05, 4.69) is 41.6 Å². The quantitative estimate of drug-likeness (QED) is 0.0465. The molecule has 18 nitrogen and oxygen atoms in total. The highest BCUT2D eigenvalue weighted by atomic mass is 16.5. The molecule has 0 radical (unpaired) electrons. The highest BCUT2D eigenvalue weighted by Crippen LogP contribution is 2.35. The van der Waals surface area contributed by atoms with Gasteiger partial charge in [0.15, 0.2) is 5.78 Å². The Balaban J connectivity index is 1.72. The maximum atomic E-state index is 15.1. The Bertz CT molecular complexity index is 1920. The van der Waals surface area contributed by atoms with Crippen molar-refractivity contribution in [3.8, 4) is 0 Å². The molecular formula is C41H57N11O7. The molecule has 4 rings (SSSR count). The van der Waals surface area contributed by atoms with Crippen LogP contribution in [0.15, 0.2) is 79.5 Å². The van der Waals surface area contributed by atoms with Crippen LogP contribution in [0.1, 0.15) is 64.8 Å². The molecule has 2 heterocycles. The summed E-state index contributed by atoms with van der Waals surface area (Å²) in [5.74, 6) is -6.26. The van der Waals surface area contributed by atoms with Crippen molar-refractivity contribution in [1.29, 1.82) is 0 Å². The van der Waals surface area contributed by atoms with Crippen molar-refractivity contribution < 1.29 is 33.8 Å². The van der Waals surface area contributed by atoms with Crippen molar-refractivity contribution in [3.05, 3.63) is 96.3 Å². The molecule has 7 N–H and O–H groups in total. The molecule has 318 valence electrons. The minimum absolute atomic E-state index is 0.00419. The normalized spacial score (nSPS) is 14.6. The molecular weight excluding hydrogens is 759 g/mol. The number of ketones is 2. The Morgan fingerprint density at radius 3 is 2.15 bits per heavy atom. The Kier molecular flexibility index (Phi) is 16.9. The van der Waals surface area contributed by atoms with Crippen LogP contribution < -0.4 is 21.8 Å². The average molecular weight is 816 g/mol. The number of hydrazine groups is 1. The molecule has 2 aromatic heterocycles. The van der Waals surface area contributed by atoms with Crippen molar-refractivity contribution >= 4 is 29.5 Å². The Labute approximate surface area is 344 Å². The summed E-state index contributed by atoms with van der Waals surface area (Å²) in [6.45, 7) is 10.8. The summed E-state index contributed by atoms with van der Waals surface area (Å²) in [5.41, 5.74) is 8.51. The van der Waals surface area contributed by atoms with E-state index in [1.165, 1.54) is 22.3 Å². The van der Waals surface area contributed by atoms with E-state index in [9.17, 15) is 24.3 Å². The highest BCUT2D eigenvalue weighted by molar-refractivity contribution is 5.96. The first kappa shape index (κ1) is 45.8. The predicted molar refractivity (Wildman–Crippen MR) is 216 cm³/mol. The van der Waals surface area contributed by atoms with Gasteiger partial charge in [-0.05, 0) is 39.3 Å². The number of aromatic amines is 1. The molecule has 5 atom stereocenters. The number of aliphatic hydroxyl groups is 1. The second kappa shape index (κ2) is 21.8. The van der Waals surface area contributed by atoms with Gasteiger partial charge in [-0.1, -0.05) is 102 Å². The molecule has 0 bridgehead atoms. The number of rotatable bonds is 23. The first-order valence-electron chi connectivity index (χ1n) is 19.7. The van der Waals surface area contributed by atoms with Crippen LogP contribution in [0.5, 0.6) is 0 Å². The molecule has 3 amide bonds. The molecule has 1 unspecified atom stereocenters. The van der Waals surface area contributed by atoms with Gasteiger partial charge in [-0.2, -0.15) is 0 Å². The van der Waals surface area contributed by atoms with E-state index in [4.69, 9.17) is 10.5 Å². The summed E-state index contributed by atoms with van der Waals surface area (Å²) in [5, 5.41) is 30.3. The summed E-state index contributed by atoms with van der Waals surface area (Å²) < 4.78 is 6.87. The van der Waals surface area contributed by atoms with Gasteiger partial charge in [-0.15, -0.1) is 5.10 Å². The number of Topliss-reactive ketones (excluding diaryl/α,β-unsaturated/α-hetero) is 2. The molecule has 0 saturated carbocycles. The number of nitrogens with two attached hydrogens (primary N) is 1. The first-order valence-corrected chi connectivity index (χ1v) is 19.7. The SMILES string of the molecule is CC(C)CN(C[C@H](C(=O)Cc1c[nH]cn1)[C@H](C(=O)[C@@H](NC(=O)OCc1ccccc1)C(C)C)C(N)(O)c1ccccc1)NC(=O)[C@@H](NC(=O)CCn1cnnn1)C(C)C. The molecule has 0 aliphatic heterocycles. The maximum Gasteiger partial charge on any atom is 0.408 e. The number of ether oxygens (including phenoxy) is 1. The minimum atomic E-state index is -2.46. The lowest BCUT2D eigenvalue weighted by Crippen LogP contribution is -2.61. The third-order valence-corrected chi connectivity index (χ3v) is 9.70. The van der Waals surface area contributed by atoms with Crippen LogP contribution in [-0.4, -0.2) is 94.9 Å². The first-order chi connectivity index (χ1) is 28.1. The molecule has 59 heavy (non-hydrogen) atoms. The van der Waals surface area contributed by atoms with Crippen LogP contribution in [0.25, 0.3) is 0 Å². The Morgan fingerprint density at radius 1 is 0.915 bits per heavy atom. The summed E-state index contributed by atoms with van der Waals surface area (Å²) in [4.78, 5) is 77.1. The number of amides is 3. The third kappa shape index (κ3) is 13.6. The number of benzene rings is 2. The molecule has 0 fully saturated rings. The predicted octanol–water partition coefficient (Wildman–Crippen LogP) is 2.28. The van der Waals surface area contributed by atoms with Gasteiger partial charge < -0.3 is 25.5 Å². The van der Waals surface area contributed by atoms with E-state index < -0.39 is 65.0 Å². The molecule has 0 spiro atoms. The van der Waals surface area contributed by atoms with Crippen molar-refractivity contribution in [2.45, 2.75) is 85.3 Å². The molecule has 0 saturated heterocycles. The molecule has 0 aliphatic carbocycles. The number of nitrogens with one attached hydrogen (secondary N) is 4. The third-order valence-electron chi connectivity index (χ3n) is 9.70. The Morgan fingerprint density at radius 2 is 1.58 bits per heavy atom. The second-order valence-corrected chi connectivity index (χ2v) is 15.7. The number of imidazole rings is 1. The van der Waals surface area contributed by atoms with E-state index in [1.807, 2.05) is 19.9 Å². The second-order valence-electron chi connectivity index (χ2n) is 15.7. The smallest absolute Gasteiger partial charge is 0.408 e. The number of alkyl carbamates (subject to hydrolysis) is 1. The lowest BCUT2D eigenvalue weighted by atomic mass is 9.71. The van der Waals surface area contributed by atoms with E-state index >= 15 is 4.79 Å². The number of hydrogen-bond acceptors (Lipinski definition) is 13. The van der Waals surface area contributed by atoms with Gasteiger partial charge in [-0.3, -0.25) is 30.3 Å². The van der Waals surface area contributed by atoms with Gasteiger partial charge in [-0.25, -0.2) is 19.5 Å². The number of H-pyrrole nitrogens is 1. The van der Waals surface area contributed by atoms with Crippen LogP contribution >= 0.6 is 0 Å². The van der Waals surface area contributed by atoms with Crippen molar-refractivity contribution in [3.63, 3.8) is 0 Å². The fourth-order valence-corrected chi connectivity index (χ4v) is 6.70. The Hall–Kier alpha value is -5.85. The standard InChI is InChI=1S/C41H57N11O7/c1-26(2)21-52(48-39(56)37(28(5)6)46-34(54)17-18-51-25-45-49-50-51)22-32(33(53)19-31-20-43-24-44-31)35(41(42,58)30-15-11-8-12-16-30)38(55)36(27(3)4)47-40(57)59-23-29-13-9-7-10-14-29/h7-16,20,24-28,32,35-37,58H,17-19,21-23,42H2,1-6H3,(H,43,44)(H,46,54)(H,47,57)(H,48,56)/t32-,35-,36+,37+,41?/m1/s1. The van der Waals surface area contributed by atoms with Crippen molar-refractivity contribution in [1.82, 2.24) is 51.2 Å². The number of nitrogens with zero attached hydrogens (tertiary/aromatic N) is 6. The minimum Gasteiger partial charge on any atom is -0.445 e. The number of carbonyl (C=O) groups is 5. The lowest BCUT2D eigenvalue weighted by Gasteiger charge is -2.41. The number of hydrogen-bond donors (Lipinski definition) is 6. The van der Waals surface area contributed by atoms with Gasteiger partial charge in [0.25, 0.3) is 5.91 Å². The largest absolute Gasteiger partial charge is 0.445 e. The number of aromatic nitrogens is 6. The summed E-state index contributed by atoms with van der Waals surface area (Å²) in [6, 6.07) is 14.8. The van der Waals surface area contributed by atoms with Crippen molar-refractivity contribution in [2.75, 3.05) is 13.1 Å². The zero-order valence-corrected chi connectivity index (χ0v) is 34.4. The zero-order valence-electron chi connectivity index (χ0n) is 34.4. The summed E-state index contributed by atoms with van der Waals surface area (Å²) >= 11 is 0. The van der Waals surface area contributed by atoms with Crippen LogP contribution in [0, 0.1) is 29.6 Å². The van der Waals surface area contributed by atoms with Crippen LogP contribution in [-0.2, 0) is 49.2 Å². The lowest BCUT2D eigenvalue weighted by molar-refractivity contribution is -0.150. The van der Waals surface area contributed by atoms with E-state index in [0.717, 1.165) is 5.56 Å². The fraction of sp³-hybridized carbons (Fsp3) is 0.488. The van der Waals surface area contributed by atoms with E-state index in [1.54, 1.807) is 88.5 Å². The maximum absolute atomic E-state index is 15.1. The van der Waals surface area contributed by atoms with E-state index in [0.29, 0.717) is 5.69 Å². The number of tetrazole rings is 1. The van der Waals surface area contributed by atoms with Gasteiger partial charge >= 0.3 is 6.09 Å². The summed E-state index contributed by atoms with van der Waals surface area (Å²) in [7, 11) is 0. The number of aryl methyl sites for hydroxylation is 1. The average Bonchev–Trinajstić information content (AvgIpc) is 3.92. The van der Waals surface area contributed by atoms with Crippen molar-refractivity contribution in [2.24, 2.45) is 35.3 Å². The monoisotopic (exact) mass is 815 g/mol. The van der Waals surface area contributed by atoms with Crippen LogP contribution in [0.2, 0.25) is 0 Å². The van der Waals surface area contributed by atoms with Gasteiger partial charge in [0.05, 0.1) is 36.9 Å². The van der Waals surface area contributed by atoms with Crippen LogP contribution in [0.4, 0.5) is 4.79 Å². The summed E-state index contributed by atoms with van der Waals surface area (Å²) in [6.07, 6.45) is 3.21. The molecule has 2 aromatic carbocycles. The van der Waals surface area contributed by atoms with E-state index in [-0.39, 0.29) is 56.5 Å². The highest BCUT2D eigenvalue weighted by Gasteiger charge is 2.50. The molecule has 18 heteroatoms. The van der Waals surface area contributed by atoms with Crippen LogP contribution in [0.3, 0.4) is 0 Å². The zero-order chi connectivity index (χ0) is 43.1. The van der Waals surface area contributed by atoms with Gasteiger partial charge in [0, 0.05) is 31.6 Å². The van der Waals surface area contributed by atoms with Gasteiger partial charge in [0.1, 0.15) is 30.5 Å². The molecule has 4 aromatic rings. The fourth-order valence-electron chi connectivity index (χ4n) is 6.70.